The lowest BCUT2D eigenvalue weighted by molar-refractivity contribution is -0.380. The molecule has 0 N–H and O–H groups in total. The SMILES string of the molecule is CC(C)=C(CCl)CSc1ccc(OCC2OC(C)O2)c(C)c1. The Balaban J connectivity index is 1.87. The molecule has 0 saturated carbocycles. The monoisotopic (exact) mass is 342 g/mol. The highest BCUT2D eigenvalue weighted by Gasteiger charge is 2.27. The first kappa shape index (κ1) is 17.7. The van der Waals surface area contributed by atoms with Gasteiger partial charge in [0.2, 0.25) is 0 Å². The second kappa shape index (κ2) is 8.25. The van der Waals surface area contributed by atoms with Gasteiger partial charge in [0.05, 0.1) is 0 Å². The van der Waals surface area contributed by atoms with Crippen LogP contribution in [0, 0.1) is 6.92 Å². The number of allylic oxidation sites excluding steroid dienone is 1. The summed E-state index contributed by atoms with van der Waals surface area (Å²) in [5.41, 5.74) is 3.70. The Labute approximate surface area is 142 Å². The van der Waals surface area contributed by atoms with Gasteiger partial charge >= 0.3 is 0 Å². The molecular formula is C17H23ClO3S. The van der Waals surface area contributed by atoms with Gasteiger partial charge in [-0.25, -0.2) is 0 Å². The van der Waals surface area contributed by atoms with Crippen LogP contribution in [-0.4, -0.2) is 30.8 Å². The van der Waals surface area contributed by atoms with Crippen LogP contribution in [0.25, 0.3) is 0 Å². The summed E-state index contributed by atoms with van der Waals surface area (Å²) in [5, 5.41) is 0. The molecule has 1 aromatic carbocycles. The number of aryl methyl sites for hydroxylation is 1. The lowest BCUT2D eigenvalue weighted by Crippen LogP contribution is -2.42. The highest BCUT2D eigenvalue weighted by Crippen LogP contribution is 2.28. The molecule has 5 heteroatoms. The van der Waals surface area contributed by atoms with Crippen molar-refractivity contribution >= 4 is 23.4 Å². The fourth-order valence-electron chi connectivity index (χ4n) is 2.03. The summed E-state index contributed by atoms with van der Waals surface area (Å²) in [6, 6.07) is 6.22. The molecule has 1 fully saturated rings. The maximum absolute atomic E-state index is 5.97. The van der Waals surface area contributed by atoms with Crippen molar-refractivity contribution in [3.05, 3.63) is 34.9 Å². The van der Waals surface area contributed by atoms with Crippen LogP contribution in [0.4, 0.5) is 0 Å². The molecule has 22 heavy (non-hydrogen) atoms. The second-order valence-corrected chi connectivity index (χ2v) is 6.85. The van der Waals surface area contributed by atoms with Gasteiger partial charge in [-0.05, 0) is 57.0 Å². The van der Waals surface area contributed by atoms with Crippen LogP contribution in [0.1, 0.15) is 26.3 Å². The van der Waals surface area contributed by atoms with E-state index in [0.717, 1.165) is 17.1 Å². The molecule has 0 bridgehead atoms. The summed E-state index contributed by atoms with van der Waals surface area (Å²) in [6.45, 7) is 8.55. The third kappa shape index (κ3) is 4.92. The zero-order valence-corrected chi connectivity index (χ0v) is 15.1. The molecule has 1 aromatic rings. The first-order chi connectivity index (χ1) is 10.5. The van der Waals surface area contributed by atoms with Gasteiger partial charge < -0.3 is 14.2 Å². The van der Waals surface area contributed by atoms with E-state index in [2.05, 4.69) is 26.0 Å². The largest absolute Gasteiger partial charge is 0.488 e. The zero-order chi connectivity index (χ0) is 16.1. The topological polar surface area (TPSA) is 27.7 Å². The third-order valence-corrected chi connectivity index (χ3v) is 4.89. The summed E-state index contributed by atoms with van der Waals surface area (Å²) in [6.07, 6.45) is -0.355. The molecule has 0 unspecified atom stereocenters. The number of thioether (sulfide) groups is 1. The fraction of sp³-hybridized carbons (Fsp3) is 0.529. The molecule has 0 radical (unpaired) electrons. The molecule has 3 nitrogen and oxygen atoms in total. The van der Waals surface area contributed by atoms with Crippen LogP contribution >= 0.6 is 23.4 Å². The Hall–Kier alpha value is -0.680. The van der Waals surface area contributed by atoms with Crippen LogP contribution in [-0.2, 0) is 9.47 Å². The molecule has 0 aliphatic carbocycles. The van der Waals surface area contributed by atoms with Crippen molar-refractivity contribution in [1.82, 2.24) is 0 Å². The van der Waals surface area contributed by atoms with Gasteiger partial charge in [0.15, 0.2) is 12.6 Å². The predicted molar refractivity (Wildman–Crippen MR) is 91.9 cm³/mol. The van der Waals surface area contributed by atoms with Crippen LogP contribution in [0.3, 0.4) is 0 Å². The summed E-state index contributed by atoms with van der Waals surface area (Å²) >= 11 is 7.77. The van der Waals surface area contributed by atoms with E-state index in [4.69, 9.17) is 25.8 Å². The van der Waals surface area contributed by atoms with Gasteiger partial charge in [-0.2, -0.15) is 0 Å². The van der Waals surface area contributed by atoms with Crippen LogP contribution in [0.2, 0.25) is 0 Å². The highest BCUT2D eigenvalue weighted by atomic mass is 35.5. The molecule has 0 spiro atoms. The maximum atomic E-state index is 5.97. The van der Waals surface area contributed by atoms with Crippen molar-refractivity contribution < 1.29 is 14.2 Å². The Morgan fingerprint density at radius 1 is 1.32 bits per heavy atom. The number of halogens is 1. The smallest absolute Gasteiger partial charge is 0.197 e. The first-order valence-corrected chi connectivity index (χ1v) is 8.90. The number of alkyl halides is 1. The molecule has 0 atom stereocenters. The Morgan fingerprint density at radius 3 is 2.59 bits per heavy atom. The van der Waals surface area contributed by atoms with Gasteiger partial charge in [-0.1, -0.05) is 5.57 Å². The predicted octanol–water partition coefficient (Wildman–Crippen LogP) is 4.76. The lowest BCUT2D eigenvalue weighted by atomic mass is 10.2. The minimum absolute atomic E-state index is 0.111. The highest BCUT2D eigenvalue weighted by molar-refractivity contribution is 7.99. The second-order valence-electron chi connectivity index (χ2n) is 5.53. The van der Waals surface area contributed by atoms with E-state index in [0.29, 0.717) is 12.5 Å². The van der Waals surface area contributed by atoms with E-state index in [1.54, 1.807) is 11.8 Å². The normalized spacial score (nSPS) is 20.4. The Kier molecular flexibility index (Phi) is 6.63. The van der Waals surface area contributed by atoms with E-state index < -0.39 is 0 Å². The van der Waals surface area contributed by atoms with E-state index >= 15 is 0 Å². The van der Waals surface area contributed by atoms with Gasteiger partial charge in [-0.15, -0.1) is 23.4 Å². The van der Waals surface area contributed by atoms with Crippen molar-refractivity contribution in [2.75, 3.05) is 18.2 Å². The van der Waals surface area contributed by atoms with E-state index in [9.17, 15) is 0 Å². The van der Waals surface area contributed by atoms with E-state index in [-0.39, 0.29) is 12.6 Å². The Bertz CT molecular complexity index is 535. The van der Waals surface area contributed by atoms with E-state index in [1.165, 1.54) is 16.0 Å². The molecule has 0 aromatic heterocycles. The summed E-state index contributed by atoms with van der Waals surface area (Å²) in [7, 11) is 0. The third-order valence-electron chi connectivity index (χ3n) is 3.49. The molecular weight excluding hydrogens is 320 g/mol. The number of hydrogen-bond acceptors (Lipinski definition) is 4. The standard InChI is InChI=1S/C17H23ClO3S/c1-11(2)14(8-18)10-22-15-5-6-16(12(3)7-15)19-9-17-20-13(4)21-17/h5-7,13,17H,8-10H2,1-4H3. The molecule has 2 rings (SSSR count). The molecule has 0 amide bonds. The van der Waals surface area contributed by atoms with Crippen molar-refractivity contribution in [3.8, 4) is 5.75 Å². The van der Waals surface area contributed by atoms with Crippen molar-refractivity contribution in [3.63, 3.8) is 0 Å². The van der Waals surface area contributed by atoms with Crippen LogP contribution in [0.5, 0.6) is 5.75 Å². The van der Waals surface area contributed by atoms with Gasteiger partial charge in [0.1, 0.15) is 12.4 Å². The number of ether oxygens (including phenoxy) is 3. The van der Waals surface area contributed by atoms with Crippen molar-refractivity contribution in [1.29, 1.82) is 0 Å². The fourth-order valence-corrected chi connectivity index (χ4v) is 3.66. The van der Waals surface area contributed by atoms with Gasteiger partial charge in [-0.3, -0.25) is 0 Å². The van der Waals surface area contributed by atoms with Gasteiger partial charge in [0, 0.05) is 16.5 Å². The minimum atomic E-state index is -0.243. The summed E-state index contributed by atoms with van der Waals surface area (Å²) in [4.78, 5) is 1.22. The lowest BCUT2D eigenvalue weighted by Gasteiger charge is -2.33. The summed E-state index contributed by atoms with van der Waals surface area (Å²) in [5.74, 6) is 2.39. The number of benzene rings is 1. The van der Waals surface area contributed by atoms with E-state index in [1.807, 2.05) is 19.9 Å². The first-order valence-electron chi connectivity index (χ1n) is 7.38. The average Bonchev–Trinajstić information content (AvgIpc) is 2.44. The quantitative estimate of drug-likeness (QED) is 0.405. The molecule has 1 aliphatic rings. The number of hydrogen-bond donors (Lipinski definition) is 0. The minimum Gasteiger partial charge on any atom is -0.488 e. The summed E-state index contributed by atoms with van der Waals surface area (Å²) < 4.78 is 16.4. The molecule has 1 heterocycles. The van der Waals surface area contributed by atoms with Crippen molar-refractivity contribution in [2.24, 2.45) is 0 Å². The maximum Gasteiger partial charge on any atom is 0.197 e. The Morgan fingerprint density at radius 2 is 2.05 bits per heavy atom. The molecule has 122 valence electrons. The average molecular weight is 343 g/mol. The molecule has 1 saturated heterocycles. The van der Waals surface area contributed by atoms with Crippen molar-refractivity contribution in [2.45, 2.75) is 45.2 Å². The van der Waals surface area contributed by atoms with Crippen LogP contribution < -0.4 is 4.74 Å². The van der Waals surface area contributed by atoms with Gasteiger partial charge in [0.25, 0.3) is 0 Å². The molecule has 1 aliphatic heterocycles. The van der Waals surface area contributed by atoms with Crippen LogP contribution in [0.15, 0.2) is 34.2 Å². The zero-order valence-electron chi connectivity index (χ0n) is 13.5. The number of rotatable bonds is 7.